The SMILES string of the molecule is CCS(=O)c1ccccc1C(=O)NCC(OC)C(=O)O. The molecule has 0 aliphatic heterocycles. The number of nitrogens with one attached hydrogen (secondary N) is 1. The molecule has 0 heterocycles. The Balaban J connectivity index is 2.83. The Morgan fingerprint density at radius 2 is 2.05 bits per heavy atom. The minimum Gasteiger partial charge on any atom is -0.479 e. The van der Waals surface area contributed by atoms with Crippen LogP contribution < -0.4 is 5.32 Å². The lowest BCUT2D eigenvalue weighted by atomic mass is 10.2. The number of benzene rings is 1. The summed E-state index contributed by atoms with van der Waals surface area (Å²) in [5, 5.41) is 11.3. The van der Waals surface area contributed by atoms with E-state index in [9.17, 15) is 13.8 Å². The first-order chi connectivity index (χ1) is 9.51. The number of carbonyl (C=O) groups excluding carboxylic acids is 1. The van der Waals surface area contributed by atoms with Gasteiger partial charge in [0.15, 0.2) is 6.10 Å². The molecule has 0 aliphatic rings. The lowest BCUT2D eigenvalue weighted by Gasteiger charge is -2.13. The van der Waals surface area contributed by atoms with Crippen molar-refractivity contribution in [1.82, 2.24) is 5.32 Å². The molecule has 1 rings (SSSR count). The van der Waals surface area contributed by atoms with Crippen molar-refractivity contribution in [2.24, 2.45) is 0 Å². The van der Waals surface area contributed by atoms with Gasteiger partial charge in [0.25, 0.3) is 5.91 Å². The van der Waals surface area contributed by atoms with Crippen molar-refractivity contribution < 1.29 is 23.6 Å². The average molecular weight is 299 g/mol. The number of hydrogen-bond donors (Lipinski definition) is 2. The third kappa shape index (κ3) is 4.14. The summed E-state index contributed by atoms with van der Waals surface area (Å²) in [6.45, 7) is 1.61. The predicted molar refractivity (Wildman–Crippen MR) is 74.2 cm³/mol. The number of ether oxygens (including phenoxy) is 1. The molecule has 2 unspecified atom stereocenters. The second-order valence-electron chi connectivity index (χ2n) is 3.90. The second kappa shape index (κ2) is 7.76. The molecule has 7 heteroatoms. The van der Waals surface area contributed by atoms with Gasteiger partial charge in [0.1, 0.15) is 0 Å². The Hall–Kier alpha value is -1.73. The highest BCUT2D eigenvalue weighted by Crippen LogP contribution is 2.13. The van der Waals surface area contributed by atoms with E-state index in [1.807, 2.05) is 0 Å². The van der Waals surface area contributed by atoms with Crippen LogP contribution in [-0.4, -0.2) is 46.7 Å². The first kappa shape index (κ1) is 16.3. The van der Waals surface area contributed by atoms with E-state index in [4.69, 9.17) is 9.84 Å². The van der Waals surface area contributed by atoms with Gasteiger partial charge in [-0.3, -0.25) is 9.00 Å². The first-order valence-corrected chi connectivity index (χ1v) is 7.34. The van der Waals surface area contributed by atoms with E-state index in [0.717, 1.165) is 0 Å². The van der Waals surface area contributed by atoms with Crippen LogP contribution in [0, 0.1) is 0 Å². The average Bonchev–Trinajstić information content (AvgIpc) is 2.46. The largest absolute Gasteiger partial charge is 0.479 e. The van der Waals surface area contributed by atoms with Crippen molar-refractivity contribution in [3.8, 4) is 0 Å². The molecule has 20 heavy (non-hydrogen) atoms. The topological polar surface area (TPSA) is 92.7 Å². The van der Waals surface area contributed by atoms with Crippen LogP contribution in [0.15, 0.2) is 29.2 Å². The normalized spacial score (nSPS) is 13.5. The van der Waals surface area contributed by atoms with E-state index in [2.05, 4.69) is 5.32 Å². The smallest absolute Gasteiger partial charge is 0.334 e. The summed E-state index contributed by atoms with van der Waals surface area (Å²) in [6.07, 6.45) is -1.11. The van der Waals surface area contributed by atoms with Gasteiger partial charge in [-0.2, -0.15) is 0 Å². The number of amides is 1. The van der Waals surface area contributed by atoms with Gasteiger partial charge in [0.2, 0.25) is 0 Å². The minimum absolute atomic E-state index is 0.155. The molecule has 0 spiro atoms. The molecule has 0 aromatic heterocycles. The van der Waals surface area contributed by atoms with Crippen LogP contribution >= 0.6 is 0 Å². The van der Waals surface area contributed by atoms with E-state index in [1.54, 1.807) is 31.2 Å². The summed E-state index contributed by atoms with van der Waals surface area (Å²) in [7, 11) is -0.000780. The summed E-state index contributed by atoms with van der Waals surface area (Å²) in [4.78, 5) is 23.3. The van der Waals surface area contributed by atoms with Crippen molar-refractivity contribution in [2.45, 2.75) is 17.9 Å². The molecule has 2 N–H and O–H groups in total. The second-order valence-corrected chi connectivity index (χ2v) is 5.61. The highest BCUT2D eigenvalue weighted by molar-refractivity contribution is 7.85. The highest BCUT2D eigenvalue weighted by atomic mass is 32.2. The zero-order valence-corrected chi connectivity index (χ0v) is 12.1. The minimum atomic E-state index is -1.26. The third-order valence-electron chi connectivity index (χ3n) is 2.65. The van der Waals surface area contributed by atoms with Crippen LogP contribution in [0.25, 0.3) is 0 Å². The number of rotatable bonds is 7. The van der Waals surface area contributed by atoms with Gasteiger partial charge in [-0.1, -0.05) is 19.1 Å². The van der Waals surface area contributed by atoms with Gasteiger partial charge in [-0.05, 0) is 12.1 Å². The van der Waals surface area contributed by atoms with E-state index >= 15 is 0 Å². The van der Waals surface area contributed by atoms with E-state index in [0.29, 0.717) is 10.6 Å². The van der Waals surface area contributed by atoms with E-state index in [-0.39, 0.29) is 12.1 Å². The van der Waals surface area contributed by atoms with Crippen molar-refractivity contribution in [3.63, 3.8) is 0 Å². The number of methoxy groups -OCH3 is 1. The number of aliphatic carboxylic acids is 1. The predicted octanol–water partition coefficient (Wildman–Crippen LogP) is 0.643. The fourth-order valence-electron chi connectivity index (χ4n) is 1.56. The molecule has 0 saturated heterocycles. The van der Waals surface area contributed by atoms with Gasteiger partial charge in [0, 0.05) is 12.9 Å². The monoisotopic (exact) mass is 299 g/mol. The lowest BCUT2D eigenvalue weighted by Crippen LogP contribution is -2.38. The summed E-state index contributed by atoms with van der Waals surface area (Å²) in [5.74, 6) is -1.22. The number of carboxylic acids is 1. The quantitative estimate of drug-likeness (QED) is 0.771. The zero-order valence-electron chi connectivity index (χ0n) is 11.3. The fourth-order valence-corrected chi connectivity index (χ4v) is 2.51. The third-order valence-corrected chi connectivity index (χ3v) is 4.02. The summed E-state index contributed by atoms with van der Waals surface area (Å²) < 4.78 is 16.6. The molecule has 0 aliphatic carbocycles. The Morgan fingerprint density at radius 3 is 2.60 bits per heavy atom. The van der Waals surface area contributed by atoms with Crippen LogP contribution in [0.1, 0.15) is 17.3 Å². The molecule has 1 aromatic carbocycles. The fraction of sp³-hybridized carbons (Fsp3) is 0.385. The molecule has 0 radical (unpaired) electrons. The maximum absolute atomic E-state index is 12.0. The molecule has 6 nitrogen and oxygen atoms in total. The van der Waals surface area contributed by atoms with Crippen molar-refractivity contribution >= 4 is 22.7 Å². The maximum Gasteiger partial charge on any atom is 0.334 e. The summed E-state index contributed by atoms with van der Waals surface area (Å²) in [6, 6.07) is 6.55. The molecular formula is C13H17NO5S. The number of carbonyl (C=O) groups is 2. The van der Waals surface area contributed by atoms with Crippen LogP contribution in [0.2, 0.25) is 0 Å². The van der Waals surface area contributed by atoms with Crippen molar-refractivity contribution in [3.05, 3.63) is 29.8 Å². The molecule has 1 amide bonds. The summed E-state index contributed by atoms with van der Waals surface area (Å²) >= 11 is 0. The highest BCUT2D eigenvalue weighted by Gasteiger charge is 2.19. The van der Waals surface area contributed by atoms with Crippen molar-refractivity contribution in [1.29, 1.82) is 0 Å². The molecule has 0 saturated carbocycles. The van der Waals surface area contributed by atoms with Gasteiger partial charge < -0.3 is 15.2 Å². The molecule has 1 aromatic rings. The van der Waals surface area contributed by atoms with Gasteiger partial charge in [-0.25, -0.2) is 4.79 Å². The Kier molecular flexibility index (Phi) is 6.33. The molecule has 2 atom stereocenters. The van der Waals surface area contributed by atoms with Crippen LogP contribution in [0.5, 0.6) is 0 Å². The van der Waals surface area contributed by atoms with Crippen LogP contribution in [0.4, 0.5) is 0 Å². The van der Waals surface area contributed by atoms with Gasteiger partial charge in [-0.15, -0.1) is 0 Å². The molecule has 110 valence electrons. The van der Waals surface area contributed by atoms with E-state index in [1.165, 1.54) is 7.11 Å². The number of carboxylic acid groups (broad SMARTS) is 1. The van der Waals surface area contributed by atoms with Gasteiger partial charge in [0.05, 0.1) is 27.8 Å². The van der Waals surface area contributed by atoms with Crippen LogP contribution in [0.3, 0.4) is 0 Å². The van der Waals surface area contributed by atoms with Crippen molar-refractivity contribution in [2.75, 3.05) is 19.4 Å². The Bertz CT molecular complexity index is 517. The standard InChI is InChI=1S/C13H17NO5S/c1-3-20(18)11-7-5-4-6-9(11)12(15)14-8-10(19-2)13(16)17/h4-7,10H,3,8H2,1-2H3,(H,14,15)(H,16,17). The molecule has 0 bridgehead atoms. The van der Waals surface area contributed by atoms with Crippen LogP contribution in [-0.2, 0) is 20.3 Å². The molecule has 0 fully saturated rings. The molecular weight excluding hydrogens is 282 g/mol. The maximum atomic E-state index is 12.0. The lowest BCUT2D eigenvalue weighted by molar-refractivity contribution is -0.148. The number of hydrogen-bond acceptors (Lipinski definition) is 4. The first-order valence-electron chi connectivity index (χ1n) is 6.02. The van der Waals surface area contributed by atoms with E-state index < -0.39 is 28.8 Å². The Labute approximate surface area is 119 Å². The zero-order chi connectivity index (χ0) is 15.1. The van der Waals surface area contributed by atoms with Gasteiger partial charge >= 0.3 is 5.97 Å². The summed E-state index contributed by atoms with van der Waals surface area (Å²) in [5.41, 5.74) is 0.285. The Morgan fingerprint density at radius 1 is 1.40 bits per heavy atom.